The van der Waals surface area contributed by atoms with Crippen LogP contribution in [0.25, 0.3) is 5.57 Å². The third-order valence-corrected chi connectivity index (χ3v) is 4.72. The Morgan fingerprint density at radius 2 is 1.68 bits per heavy atom. The summed E-state index contributed by atoms with van der Waals surface area (Å²) >= 11 is 1.28. The second-order valence-electron chi connectivity index (χ2n) is 5.17. The Morgan fingerprint density at radius 3 is 2.24 bits per heavy atom. The number of benzene rings is 2. The zero-order valence-corrected chi connectivity index (χ0v) is 14.8. The highest BCUT2D eigenvalue weighted by atomic mass is 32.2. The van der Waals surface area contributed by atoms with Crippen molar-refractivity contribution < 1.29 is 24.1 Å². The first kappa shape index (κ1) is 17.0. The Hall–Kier alpha value is -2.80. The van der Waals surface area contributed by atoms with Gasteiger partial charge in [0, 0.05) is 16.0 Å². The van der Waals surface area contributed by atoms with Gasteiger partial charge < -0.3 is 24.0 Å². The maximum absolute atomic E-state index is 11.8. The molecule has 0 bridgehead atoms. The zero-order valence-electron chi connectivity index (χ0n) is 14.0. The van der Waals surface area contributed by atoms with Crippen LogP contribution in [0, 0.1) is 0 Å². The molecule has 1 aliphatic heterocycles. The molecule has 0 unspecified atom stereocenters. The minimum Gasteiger partial charge on any atom is -0.493 e. The Labute approximate surface area is 149 Å². The minimum absolute atomic E-state index is 0.109. The predicted molar refractivity (Wildman–Crippen MR) is 95.2 cm³/mol. The van der Waals surface area contributed by atoms with Gasteiger partial charge in [0.15, 0.2) is 11.5 Å². The molecule has 1 heterocycles. The van der Waals surface area contributed by atoms with Gasteiger partial charge in [0.1, 0.15) is 5.70 Å². The molecule has 7 heteroatoms. The highest BCUT2D eigenvalue weighted by molar-refractivity contribution is 7.97. The molecular weight excluding hydrogens is 342 g/mol. The van der Waals surface area contributed by atoms with Crippen molar-refractivity contribution in [2.45, 2.75) is 4.90 Å². The number of carbonyl (C=O) groups is 1. The van der Waals surface area contributed by atoms with E-state index in [9.17, 15) is 9.90 Å². The van der Waals surface area contributed by atoms with E-state index < -0.39 is 5.97 Å². The van der Waals surface area contributed by atoms with E-state index in [1.54, 1.807) is 12.1 Å². The number of hydrogen-bond donors (Lipinski definition) is 2. The summed E-state index contributed by atoms with van der Waals surface area (Å²) in [6, 6.07) is 11.1. The van der Waals surface area contributed by atoms with E-state index >= 15 is 0 Å². The SMILES string of the molecule is COc1cc(C2=C(C(=O)O)NSc3ccccc32)cc(OC)c1OC. The summed E-state index contributed by atoms with van der Waals surface area (Å²) in [5.74, 6) is 0.345. The molecule has 0 aromatic heterocycles. The van der Waals surface area contributed by atoms with Crippen LogP contribution >= 0.6 is 11.9 Å². The molecule has 2 aromatic rings. The van der Waals surface area contributed by atoms with Crippen LogP contribution in [0.2, 0.25) is 0 Å². The summed E-state index contributed by atoms with van der Waals surface area (Å²) in [5.41, 5.74) is 2.17. The first-order chi connectivity index (χ1) is 12.1. The van der Waals surface area contributed by atoms with Crippen molar-refractivity contribution in [3.63, 3.8) is 0 Å². The van der Waals surface area contributed by atoms with Crippen molar-refractivity contribution in [1.29, 1.82) is 0 Å². The van der Waals surface area contributed by atoms with Crippen molar-refractivity contribution in [2.24, 2.45) is 0 Å². The summed E-state index contributed by atoms with van der Waals surface area (Å²) in [4.78, 5) is 12.7. The lowest BCUT2D eigenvalue weighted by Gasteiger charge is -2.23. The third kappa shape index (κ3) is 2.98. The average molecular weight is 359 g/mol. The fourth-order valence-electron chi connectivity index (χ4n) is 2.73. The number of fused-ring (bicyclic) bond motifs is 1. The molecule has 2 N–H and O–H groups in total. The Kier molecular flexibility index (Phi) is 4.76. The molecule has 0 radical (unpaired) electrons. The highest BCUT2D eigenvalue weighted by Crippen LogP contribution is 2.44. The summed E-state index contributed by atoms with van der Waals surface area (Å²) in [5, 5.41) is 9.63. The van der Waals surface area contributed by atoms with Gasteiger partial charge in [0.2, 0.25) is 5.75 Å². The number of carboxylic acids is 1. The van der Waals surface area contributed by atoms with Gasteiger partial charge in [-0.1, -0.05) is 18.2 Å². The van der Waals surface area contributed by atoms with Crippen molar-refractivity contribution in [3.8, 4) is 17.2 Å². The van der Waals surface area contributed by atoms with Gasteiger partial charge in [-0.15, -0.1) is 0 Å². The average Bonchev–Trinajstić information content (AvgIpc) is 2.65. The summed E-state index contributed by atoms with van der Waals surface area (Å²) < 4.78 is 19.0. The van der Waals surface area contributed by atoms with Crippen molar-refractivity contribution in [1.82, 2.24) is 4.72 Å². The molecule has 1 aliphatic rings. The highest BCUT2D eigenvalue weighted by Gasteiger charge is 2.26. The Balaban J connectivity index is 2.30. The Bertz CT molecular complexity index is 837. The number of rotatable bonds is 5. The maximum Gasteiger partial charge on any atom is 0.353 e. The fraction of sp³-hybridized carbons (Fsp3) is 0.167. The molecule has 0 saturated carbocycles. The molecule has 0 saturated heterocycles. The van der Waals surface area contributed by atoms with Crippen LogP contribution in [0.4, 0.5) is 0 Å². The molecular formula is C18H17NO5S. The molecule has 0 spiro atoms. The number of aliphatic carboxylic acids is 1. The summed E-state index contributed by atoms with van der Waals surface area (Å²) in [6.07, 6.45) is 0. The lowest BCUT2D eigenvalue weighted by atomic mass is 9.95. The second kappa shape index (κ2) is 6.98. The van der Waals surface area contributed by atoms with Crippen molar-refractivity contribution in [3.05, 3.63) is 53.2 Å². The van der Waals surface area contributed by atoms with Crippen LogP contribution in [0.5, 0.6) is 17.2 Å². The summed E-state index contributed by atoms with van der Waals surface area (Å²) in [6.45, 7) is 0. The van der Waals surface area contributed by atoms with Gasteiger partial charge >= 0.3 is 5.97 Å². The molecule has 0 amide bonds. The molecule has 3 rings (SSSR count). The molecule has 0 aliphatic carbocycles. The predicted octanol–water partition coefficient (Wildman–Crippen LogP) is 3.17. The molecule has 0 atom stereocenters. The standard InChI is InChI=1S/C18H17NO5S/c1-22-12-8-10(9-13(23-2)17(12)24-3)15-11-6-4-5-7-14(11)25-19-16(15)18(20)21/h4-9,19H,1-3H3,(H,20,21). The monoisotopic (exact) mass is 359 g/mol. The summed E-state index contributed by atoms with van der Waals surface area (Å²) in [7, 11) is 4.57. The van der Waals surface area contributed by atoms with E-state index in [4.69, 9.17) is 14.2 Å². The lowest BCUT2D eigenvalue weighted by Crippen LogP contribution is -2.20. The van der Waals surface area contributed by atoms with Gasteiger partial charge in [-0.2, -0.15) is 0 Å². The van der Waals surface area contributed by atoms with Gasteiger partial charge in [0.05, 0.1) is 21.3 Å². The van der Waals surface area contributed by atoms with E-state index in [0.717, 1.165) is 10.5 Å². The van der Waals surface area contributed by atoms with Crippen LogP contribution in [0.1, 0.15) is 11.1 Å². The first-order valence-electron chi connectivity index (χ1n) is 7.41. The van der Waals surface area contributed by atoms with E-state index in [1.807, 2.05) is 24.3 Å². The Morgan fingerprint density at radius 1 is 1.04 bits per heavy atom. The van der Waals surface area contributed by atoms with E-state index in [1.165, 1.54) is 33.3 Å². The van der Waals surface area contributed by atoms with E-state index in [-0.39, 0.29) is 5.70 Å². The fourth-order valence-corrected chi connectivity index (χ4v) is 3.56. The largest absolute Gasteiger partial charge is 0.493 e. The number of carboxylic acid groups (broad SMARTS) is 1. The molecule has 0 fully saturated rings. The van der Waals surface area contributed by atoms with Gasteiger partial charge in [-0.25, -0.2) is 4.79 Å². The van der Waals surface area contributed by atoms with Gasteiger partial charge in [-0.05, 0) is 35.7 Å². The van der Waals surface area contributed by atoms with Crippen LogP contribution in [0.15, 0.2) is 47.0 Å². The third-order valence-electron chi connectivity index (χ3n) is 3.84. The van der Waals surface area contributed by atoms with Crippen LogP contribution in [0.3, 0.4) is 0 Å². The second-order valence-corrected chi connectivity index (χ2v) is 6.02. The van der Waals surface area contributed by atoms with Crippen LogP contribution in [-0.4, -0.2) is 32.4 Å². The van der Waals surface area contributed by atoms with Crippen molar-refractivity contribution >= 4 is 23.5 Å². The smallest absolute Gasteiger partial charge is 0.353 e. The van der Waals surface area contributed by atoms with Crippen LogP contribution in [-0.2, 0) is 4.79 Å². The quantitative estimate of drug-likeness (QED) is 0.794. The molecule has 2 aromatic carbocycles. The number of methoxy groups -OCH3 is 3. The normalized spacial score (nSPS) is 12.9. The first-order valence-corrected chi connectivity index (χ1v) is 8.22. The van der Waals surface area contributed by atoms with E-state index in [0.29, 0.717) is 28.4 Å². The molecule has 130 valence electrons. The van der Waals surface area contributed by atoms with E-state index in [2.05, 4.69) is 4.72 Å². The number of hydrogen-bond acceptors (Lipinski definition) is 6. The maximum atomic E-state index is 11.8. The number of ether oxygens (including phenoxy) is 3. The lowest BCUT2D eigenvalue weighted by molar-refractivity contribution is -0.132. The zero-order chi connectivity index (χ0) is 18.0. The van der Waals surface area contributed by atoms with Gasteiger partial charge in [-0.3, -0.25) is 0 Å². The number of nitrogens with one attached hydrogen (secondary N) is 1. The van der Waals surface area contributed by atoms with Crippen molar-refractivity contribution in [2.75, 3.05) is 21.3 Å². The topological polar surface area (TPSA) is 77.0 Å². The molecule has 25 heavy (non-hydrogen) atoms. The van der Waals surface area contributed by atoms with Crippen LogP contribution < -0.4 is 18.9 Å². The molecule has 6 nitrogen and oxygen atoms in total. The van der Waals surface area contributed by atoms with Gasteiger partial charge in [0.25, 0.3) is 0 Å². The minimum atomic E-state index is -1.04.